The molecule has 0 unspecified atom stereocenters. The van der Waals surface area contributed by atoms with Gasteiger partial charge in [0.1, 0.15) is 5.75 Å². The second-order valence-electron chi connectivity index (χ2n) is 8.77. The predicted molar refractivity (Wildman–Crippen MR) is 104 cm³/mol. The molecule has 1 aromatic rings. The van der Waals surface area contributed by atoms with Crippen molar-refractivity contribution < 1.29 is 14.6 Å². The Hall–Kier alpha value is -1.07. The summed E-state index contributed by atoms with van der Waals surface area (Å²) in [7, 11) is 0. The standard InChI is InChI=1S/C21H28BrNO3/c1-13(21-8-14-4-15(9-21)6-16(5-14)10-21)23-20(25)12-26-19-3-2-18(22)7-17(19)11-24/h2-3,7,13-16,24H,4-6,8-12H2,1H3,(H,23,25)/t13-,14?,15?,16?,21?/m1/s1. The van der Waals surface area contributed by atoms with Crippen molar-refractivity contribution in [2.75, 3.05) is 6.61 Å². The summed E-state index contributed by atoms with van der Waals surface area (Å²) in [5, 5.41) is 12.7. The van der Waals surface area contributed by atoms with Gasteiger partial charge in [-0.15, -0.1) is 0 Å². The molecular formula is C21H28BrNO3. The first-order valence-electron chi connectivity index (χ1n) is 9.79. The summed E-state index contributed by atoms with van der Waals surface area (Å²) >= 11 is 3.38. The van der Waals surface area contributed by atoms with E-state index < -0.39 is 0 Å². The summed E-state index contributed by atoms with van der Waals surface area (Å²) in [6.45, 7) is 2.06. The highest BCUT2D eigenvalue weighted by molar-refractivity contribution is 9.10. The van der Waals surface area contributed by atoms with E-state index in [1.54, 1.807) is 6.07 Å². The molecule has 4 saturated carbocycles. The summed E-state index contributed by atoms with van der Waals surface area (Å²) in [6, 6.07) is 5.65. The first-order chi connectivity index (χ1) is 12.5. The molecule has 4 nitrogen and oxygen atoms in total. The molecule has 26 heavy (non-hydrogen) atoms. The van der Waals surface area contributed by atoms with E-state index in [4.69, 9.17) is 4.74 Å². The number of hydrogen-bond donors (Lipinski definition) is 2. The quantitative estimate of drug-likeness (QED) is 0.728. The number of halogens is 1. The molecule has 0 spiro atoms. The third-order valence-electron chi connectivity index (χ3n) is 6.93. The lowest BCUT2D eigenvalue weighted by Crippen LogP contribution is -2.56. The Balaban J connectivity index is 1.35. The number of benzene rings is 1. The second-order valence-corrected chi connectivity index (χ2v) is 9.68. The predicted octanol–water partition coefficient (Wildman–Crippen LogP) is 4.04. The van der Waals surface area contributed by atoms with Crippen molar-refractivity contribution >= 4 is 21.8 Å². The first-order valence-corrected chi connectivity index (χ1v) is 10.6. The molecule has 0 aliphatic heterocycles. The Kier molecular flexibility index (Phi) is 5.04. The topological polar surface area (TPSA) is 58.6 Å². The molecule has 2 N–H and O–H groups in total. The summed E-state index contributed by atoms with van der Waals surface area (Å²) in [5.41, 5.74) is 0.986. The minimum absolute atomic E-state index is 0.00859. The van der Waals surface area contributed by atoms with Crippen molar-refractivity contribution in [1.29, 1.82) is 0 Å². The number of hydrogen-bond acceptors (Lipinski definition) is 3. The zero-order chi connectivity index (χ0) is 18.3. The van der Waals surface area contributed by atoms with Crippen molar-refractivity contribution in [2.45, 2.75) is 58.1 Å². The molecule has 1 aromatic carbocycles. The maximum atomic E-state index is 12.5. The van der Waals surface area contributed by atoms with Crippen LogP contribution in [0.1, 0.15) is 51.0 Å². The van der Waals surface area contributed by atoms with Gasteiger partial charge in [0.25, 0.3) is 5.91 Å². The van der Waals surface area contributed by atoms with E-state index in [0.717, 1.165) is 22.2 Å². The van der Waals surface area contributed by atoms with Gasteiger partial charge in [0.05, 0.1) is 6.61 Å². The molecular weight excluding hydrogens is 394 g/mol. The Morgan fingerprint density at radius 3 is 2.46 bits per heavy atom. The van der Waals surface area contributed by atoms with E-state index in [0.29, 0.717) is 16.7 Å². The summed E-state index contributed by atoms with van der Waals surface area (Å²) in [6.07, 6.45) is 8.08. The molecule has 0 aromatic heterocycles. The second kappa shape index (κ2) is 7.16. The van der Waals surface area contributed by atoms with Crippen LogP contribution in [0.15, 0.2) is 22.7 Å². The van der Waals surface area contributed by atoms with Gasteiger partial charge in [0, 0.05) is 16.1 Å². The highest BCUT2D eigenvalue weighted by Gasteiger charge is 2.53. The van der Waals surface area contributed by atoms with E-state index in [1.165, 1.54) is 38.5 Å². The molecule has 142 valence electrons. The SMILES string of the molecule is C[C@@H](NC(=O)COc1ccc(Br)cc1CO)C12CC3CC(CC(C3)C1)C2. The average molecular weight is 422 g/mol. The van der Waals surface area contributed by atoms with E-state index in [2.05, 4.69) is 28.2 Å². The van der Waals surface area contributed by atoms with Crippen molar-refractivity contribution in [3.05, 3.63) is 28.2 Å². The van der Waals surface area contributed by atoms with E-state index >= 15 is 0 Å². The van der Waals surface area contributed by atoms with Crippen LogP contribution in [0.2, 0.25) is 0 Å². The number of carbonyl (C=O) groups excluding carboxylic acids is 1. The van der Waals surface area contributed by atoms with Gasteiger partial charge in [0.15, 0.2) is 6.61 Å². The molecule has 4 aliphatic rings. The average Bonchev–Trinajstić information content (AvgIpc) is 2.59. The molecule has 5 rings (SSSR count). The van der Waals surface area contributed by atoms with Gasteiger partial charge in [-0.2, -0.15) is 0 Å². The monoisotopic (exact) mass is 421 g/mol. The van der Waals surface area contributed by atoms with Crippen molar-refractivity contribution in [3.63, 3.8) is 0 Å². The van der Waals surface area contributed by atoms with E-state index in [1.807, 2.05) is 12.1 Å². The van der Waals surface area contributed by atoms with Crippen molar-refractivity contribution in [1.82, 2.24) is 5.32 Å². The summed E-state index contributed by atoms with van der Waals surface area (Å²) < 4.78 is 6.55. The molecule has 0 saturated heterocycles. The molecule has 4 aliphatic carbocycles. The smallest absolute Gasteiger partial charge is 0.258 e. The van der Waals surface area contributed by atoms with Gasteiger partial charge < -0.3 is 15.2 Å². The number of carbonyl (C=O) groups is 1. The molecule has 4 fully saturated rings. The number of ether oxygens (including phenoxy) is 1. The zero-order valence-electron chi connectivity index (χ0n) is 15.3. The van der Waals surface area contributed by atoms with Crippen LogP contribution < -0.4 is 10.1 Å². The number of amides is 1. The van der Waals surface area contributed by atoms with Gasteiger partial charge in [-0.05, 0) is 86.8 Å². The summed E-state index contributed by atoms with van der Waals surface area (Å²) in [4.78, 5) is 12.5. The van der Waals surface area contributed by atoms with Crippen LogP contribution in [-0.2, 0) is 11.4 Å². The lowest BCUT2D eigenvalue weighted by Gasteiger charge is -2.59. The molecule has 0 radical (unpaired) electrons. The van der Waals surface area contributed by atoms with Gasteiger partial charge in [-0.3, -0.25) is 4.79 Å². The fourth-order valence-electron chi connectivity index (χ4n) is 6.10. The maximum absolute atomic E-state index is 12.5. The van der Waals surface area contributed by atoms with Crippen LogP contribution in [0.5, 0.6) is 5.75 Å². The molecule has 5 heteroatoms. The zero-order valence-corrected chi connectivity index (χ0v) is 16.9. The Morgan fingerprint density at radius 2 is 1.88 bits per heavy atom. The van der Waals surface area contributed by atoms with Crippen LogP contribution >= 0.6 is 15.9 Å². The Morgan fingerprint density at radius 1 is 1.27 bits per heavy atom. The van der Waals surface area contributed by atoms with E-state index in [-0.39, 0.29) is 25.2 Å². The normalized spacial score (nSPS) is 33.1. The minimum Gasteiger partial charge on any atom is -0.483 e. The molecule has 0 heterocycles. The van der Waals surface area contributed by atoms with Crippen LogP contribution in [0, 0.1) is 23.2 Å². The number of aliphatic hydroxyl groups is 1. The lowest BCUT2D eigenvalue weighted by atomic mass is 9.48. The number of rotatable bonds is 6. The van der Waals surface area contributed by atoms with Gasteiger partial charge >= 0.3 is 0 Å². The third kappa shape index (κ3) is 3.53. The first kappa shape index (κ1) is 18.3. The maximum Gasteiger partial charge on any atom is 0.258 e. The fraction of sp³-hybridized carbons (Fsp3) is 0.667. The highest BCUT2D eigenvalue weighted by atomic mass is 79.9. The van der Waals surface area contributed by atoms with Gasteiger partial charge in [-0.25, -0.2) is 0 Å². The Bertz CT molecular complexity index is 655. The van der Waals surface area contributed by atoms with E-state index in [9.17, 15) is 9.90 Å². The van der Waals surface area contributed by atoms with Crippen LogP contribution in [-0.4, -0.2) is 23.7 Å². The fourth-order valence-corrected chi connectivity index (χ4v) is 6.51. The van der Waals surface area contributed by atoms with Crippen LogP contribution in [0.4, 0.5) is 0 Å². The van der Waals surface area contributed by atoms with Crippen molar-refractivity contribution in [3.8, 4) is 5.75 Å². The largest absolute Gasteiger partial charge is 0.483 e. The lowest BCUT2D eigenvalue weighted by molar-refractivity contribution is -0.127. The van der Waals surface area contributed by atoms with Crippen molar-refractivity contribution in [2.24, 2.45) is 23.2 Å². The highest BCUT2D eigenvalue weighted by Crippen LogP contribution is 2.61. The molecule has 1 atom stereocenters. The van der Waals surface area contributed by atoms with Gasteiger partial charge in [0.2, 0.25) is 0 Å². The number of nitrogens with one attached hydrogen (secondary N) is 1. The van der Waals surface area contributed by atoms with Gasteiger partial charge in [-0.1, -0.05) is 15.9 Å². The van der Waals surface area contributed by atoms with Crippen LogP contribution in [0.3, 0.4) is 0 Å². The minimum atomic E-state index is -0.111. The Labute approximate surface area is 163 Å². The number of aliphatic hydroxyl groups excluding tert-OH is 1. The van der Waals surface area contributed by atoms with Crippen LogP contribution in [0.25, 0.3) is 0 Å². The third-order valence-corrected chi connectivity index (χ3v) is 7.43. The molecule has 4 bridgehead atoms. The molecule has 1 amide bonds. The summed E-state index contributed by atoms with van der Waals surface area (Å²) in [5.74, 6) is 3.14.